The van der Waals surface area contributed by atoms with Crippen molar-refractivity contribution in [1.29, 1.82) is 0 Å². The minimum atomic E-state index is -0.618. The fraction of sp³-hybridized carbons (Fsp3) is 0. The molecule has 8 nitrogen and oxygen atoms in total. The van der Waals surface area contributed by atoms with Crippen LogP contribution in [0.3, 0.4) is 0 Å². The standard InChI is InChI=1S/C20H12FN3O5/c21-13-3-7-14(8-4-13)23-20(26)17(19(25)22-23)11-16-9-10-18(29-16)12-1-5-15(6-2-12)24(27)28/h1-11H,(H,22,25). The van der Waals surface area contributed by atoms with E-state index in [1.807, 2.05) is 0 Å². The highest BCUT2D eigenvalue weighted by Crippen LogP contribution is 2.27. The molecule has 4 rings (SSSR count). The maximum atomic E-state index is 13.1. The molecule has 1 N–H and O–H groups in total. The predicted octanol–water partition coefficient (Wildman–Crippen LogP) is 3.46. The molecule has 0 unspecified atom stereocenters. The highest BCUT2D eigenvalue weighted by atomic mass is 19.1. The van der Waals surface area contributed by atoms with Gasteiger partial charge in [0.15, 0.2) is 0 Å². The highest BCUT2D eigenvalue weighted by Gasteiger charge is 2.34. The van der Waals surface area contributed by atoms with Crippen molar-refractivity contribution in [2.75, 3.05) is 5.01 Å². The second-order valence-electron chi connectivity index (χ2n) is 6.12. The van der Waals surface area contributed by atoms with Crippen LogP contribution in [0.1, 0.15) is 5.76 Å². The van der Waals surface area contributed by atoms with Gasteiger partial charge in [-0.25, -0.2) is 9.40 Å². The average Bonchev–Trinajstić information content (AvgIpc) is 3.29. The fourth-order valence-corrected chi connectivity index (χ4v) is 2.80. The molecule has 1 saturated heterocycles. The summed E-state index contributed by atoms with van der Waals surface area (Å²) in [5.74, 6) is -0.995. The van der Waals surface area contributed by atoms with Crippen molar-refractivity contribution in [3.63, 3.8) is 0 Å². The third kappa shape index (κ3) is 3.48. The van der Waals surface area contributed by atoms with Gasteiger partial charge in [0.25, 0.3) is 17.5 Å². The molecule has 0 radical (unpaired) electrons. The van der Waals surface area contributed by atoms with Crippen molar-refractivity contribution in [2.24, 2.45) is 0 Å². The molecule has 2 amide bonds. The smallest absolute Gasteiger partial charge is 0.282 e. The lowest BCUT2D eigenvalue weighted by atomic mass is 10.1. The molecule has 2 heterocycles. The summed E-state index contributed by atoms with van der Waals surface area (Å²) in [4.78, 5) is 35.0. The second kappa shape index (κ2) is 7.04. The van der Waals surface area contributed by atoms with Crippen LogP contribution in [0.15, 0.2) is 70.7 Å². The Hall–Kier alpha value is -4.27. The molecule has 0 spiro atoms. The fourth-order valence-electron chi connectivity index (χ4n) is 2.80. The summed E-state index contributed by atoms with van der Waals surface area (Å²) in [5, 5.41) is 11.8. The van der Waals surface area contributed by atoms with E-state index in [4.69, 9.17) is 4.42 Å². The Kier molecular flexibility index (Phi) is 4.40. The van der Waals surface area contributed by atoms with Crippen molar-refractivity contribution < 1.29 is 23.3 Å². The summed E-state index contributed by atoms with van der Waals surface area (Å²) < 4.78 is 18.7. The van der Waals surface area contributed by atoms with Gasteiger partial charge < -0.3 is 4.42 Å². The SMILES string of the molecule is O=C1NN(c2ccc(F)cc2)C(=O)C1=Cc1ccc(-c2ccc([N+](=O)[O-])cc2)o1. The summed E-state index contributed by atoms with van der Waals surface area (Å²) >= 11 is 0. The first-order chi connectivity index (χ1) is 13.9. The lowest BCUT2D eigenvalue weighted by Crippen LogP contribution is -2.35. The van der Waals surface area contributed by atoms with E-state index in [-0.39, 0.29) is 17.0 Å². The van der Waals surface area contributed by atoms with Gasteiger partial charge in [0.05, 0.1) is 10.6 Å². The molecule has 0 bridgehead atoms. The molecule has 144 valence electrons. The first-order valence-corrected chi connectivity index (χ1v) is 8.40. The Morgan fingerprint density at radius 3 is 2.34 bits per heavy atom. The number of carbonyl (C=O) groups excluding carboxylic acids is 2. The minimum Gasteiger partial charge on any atom is -0.457 e. The second-order valence-corrected chi connectivity index (χ2v) is 6.12. The van der Waals surface area contributed by atoms with Crippen LogP contribution in [0.5, 0.6) is 0 Å². The van der Waals surface area contributed by atoms with Crippen LogP contribution in [-0.2, 0) is 9.59 Å². The number of nitrogens with one attached hydrogen (secondary N) is 1. The first-order valence-electron chi connectivity index (χ1n) is 8.40. The number of hydrogen-bond acceptors (Lipinski definition) is 5. The number of benzene rings is 2. The molecule has 29 heavy (non-hydrogen) atoms. The van der Waals surface area contributed by atoms with Gasteiger partial charge in [-0.3, -0.25) is 25.1 Å². The lowest BCUT2D eigenvalue weighted by molar-refractivity contribution is -0.384. The van der Waals surface area contributed by atoms with Crippen molar-refractivity contribution in [3.05, 3.63) is 87.9 Å². The van der Waals surface area contributed by atoms with E-state index in [0.717, 1.165) is 5.01 Å². The number of nitro groups is 1. The Bertz CT molecular complexity index is 1150. The molecule has 1 fully saturated rings. The zero-order valence-corrected chi connectivity index (χ0v) is 14.7. The maximum absolute atomic E-state index is 13.1. The number of nitro benzene ring substituents is 1. The van der Waals surface area contributed by atoms with Crippen LogP contribution in [-0.4, -0.2) is 16.7 Å². The zero-order chi connectivity index (χ0) is 20.5. The summed E-state index contributed by atoms with van der Waals surface area (Å²) in [6.45, 7) is 0. The molecule has 0 saturated carbocycles. The van der Waals surface area contributed by atoms with Gasteiger partial charge in [-0.05, 0) is 54.6 Å². The van der Waals surface area contributed by atoms with Crippen molar-refractivity contribution in [3.8, 4) is 11.3 Å². The highest BCUT2D eigenvalue weighted by molar-refractivity contribution is 6.31. The Morgan fingerprint density at radius 2 is 1.69 bits per heavy atom. The van der Waals surface area contributed by atoms with E-state index in [9.17, 15) is 24.1 Å². The average molecular weight is 393 g/mol. The number of hydrazine groups is 1. The van der Waals surface area contributed by atoms with Crippen molar-refractivity contribution >= 4 is 29.3 Å². The third-order valence-electron chi connectivity index (χ3n) is 4.25. The number of hydrogen-bond donors (Lipinski definition) is 1. The molecule has 0 atom stereocenters. The number of anilines is 1. The van der Waals surface area contributed by atoms with Crippen molar-refractivity contribution in [1.82, 2.24) is 5.43 Å². The minimum absolute atomic E-state index is 0.0447. The van der Waals surface area contributed by atoms with E-state index in [0.29, 0.717) is 17.0 Å². The summed E-state index contributed by atoms with van der Waals surface area (Å²) in [6.07, 6.45) is 1.30. The van der Waals surface area contributed by atoms with Gasteiger partial charge in [0, 0.05) is 17.7 Å². The Morgan fingerprint density at radius 1 is 1.00 bits per heavy atom. The van der Waals surface area contributed by atoms with Gasteiger partial charge in [-0.1, -0.05) is 0 Å². The van der Waals surface area contributed by atoms with E-state index in [1.165, 1.54) is 54.6 Å². The van der Waals surface area contributed by atoms with Gasteiger partial charge in [0.1, 0.15) is 22.9 Å². The van der Waals surface area contributed by atoms with Gasteiger partial charge in [0.2, 0.25) is 0 Å². The molecule has 1 aromatic heterocycles. The van der Waals surface area contributed by atoms with Crippen LogP contribution in [0.4, 0.5) is 15.8 Å². The van der Waals surface area contributed by atoms with E-state index < -0.39 is 22.6 Å². The number of non-ortho nitro benzene ring substituents is 1. The van der Waals surface area contributed by atoms with Gasteiger partial charge in [-0.2, -0.15) is 0 Å². The van der Waals surface area contributed by atoms with Crippen LogP contribution >= 0.6 is 0 Å². The Balaban J connectivity index is 1.58. The predicted molar refractivity (Wildman–Crippen MR) is 101 cm³/mol. The zero-order valence-electron chi connectivity index (χ0n) is 14.7. The molecular formula is C20H12FN3O5. The Labute approximate surface area is 163 Å². The molecular weight excluding hydrogens is 381 g/mol. The maximum Gasteiger partial charge on any atom is 0.282 e. The topological polar surface area (TPSA) is 106 Å². The molecule has 1 aliphatic heterocycles. The van der Waals surface area contributed by atoms with Crippen molar-refractivity contribution in [2.45, 2.75) is 0 Å². The van der Waals surface area contributed by atoms with Crippen LogP contribution in [0, 0.1) is 15.9 Å². The van der Waals surface area contributed by atoms with E-state index in [2.05, 4.69) is 5.43 Å². The third-order valence-corrected chi connectivity index (χ3v) is 4.25. The molecule has 2 aromatic carbocycles. The van der Waals surface area contributed by atoms with Gasteiger partial charge in [-0.15, -0.1) is 0 Å². The normalized spacial score (nSPS) is 15.1. The summed E-state index contributed by atoms with van der Waals surface area (Å²) in [6, 6.07) is 14.1. The number of amides is 2. The van der Waals surface area contributed by atoms with Crippen LogP contribution < -0.4 is 10.4 Å². The largest absolute Gasteiger partial charge is 0.457 e. The number of rotatable bonds is 4. The lowest BCUT2D eigenvalue weighted by Gasteiger charge is -2.14. The molecule has 1 aliphatic rings. The summed E-state index contributed by atoms with van der Waals surface area (Å²) in [7, 11) is 0. The molecule has 0 aliphatic carbocycles. The molecule has 9 heteroatoms. The summed E-state index contributed by atoms with van der Waals surface area (Å²) in [5.41, 5.74) is 3.15. The quantitative estimate of drug-likeness (QED) is 0.316. The van der Waals surface area contributed by atoms with E-state index in [1.54, 1.807) is 12.1 Å². The first kappa shape index (κ1) is 18.1. The van der Waals surface area contributed by atoms with Gasteiger partial charge >= 0.3 is 0 Å². The number of halogens is 1. The number of furan rings is 1. The molecule has 3 aromatic rings. The number of carbonyl (C=O) groups is 2. The number of nitrogens with zero attached hydrogens (tertiary/aromatic N) is 2. The van der Waals surface area contributed by atoms with Crippen LogP contribution in [0.25, 0.3) is 17.4 Å². The van der Waals surface area contributed by atoms with E-state index >= 15 is 0 Å². The van der Waals surface area contributed by atoms with Crippen LogP contribution in [0.2, 0.25) is 0 Å². The monoisotopic (exact) mass is 393 g/mol.